The lowest BCUT2D eigenvalue weighted by Crippen LogP contribution is -2.49. The molecule has 0 bridgehead atoms. The lowest BCUT2D eigenvalue weighted by Gasteiger charge is -2.35. The van der Waals surface area contributed by atoms with Crippen LogP contribution >= 0.6 is 0 Å². The highest BCUT2D eigenvalue weighted by molar-refractivity contribution is 5.74. The van der Waals surface area contributed by atoms with Crippen molar-refractivity contribution in [1.82, 2.24) is 15.5 Å². The Morgan fingerprint density at radius 2 is 2.00 bits per heavy atom. The van der Waals surface area contributed by atoms with Crippen LogP contribution in [0.15, 0.2) is 24.3 Å². The number of urea groups is 1. The van der Waals surface area contributed by atoms with E-state index in [2.05, 4.69) is 15.5 Å². The number of nitrogens with zero attached hydrogens (tertiary/aromatic N) is 1. The number of piperidine rings is 1. The van der Waals surface area contributed by atoms with Gasteiger partial charge in [-0.25, -0.2) is 4.79 Å². The number of carbonyl (C=O) groups excluding carboxylic acids is 1. The average Bonchev–Trinajstić information content (AvgIpc) is 3.05. The normalized spacial score (nSPS) is 26.6. The van der Waals surface area contributed by atoms with Gasteiger partial charge in [0.15, 0.2) is 0 Å². The van der Waals surface area contributed by atoms with Gasteiger partial charge in [-0.3, -0.25) is 0 Å². The number of ether oxygens (including phenoxy) is 1. The van der Waals surface area contributed by atoms with Gasteiger partial charge >= 0.3 is 6.03 Å². The van der Waals surface area contributed by atoms with Crippen molar-refractivity contribution in [2.24, 2.45) is 0 Å². The zero-order valence-corrected chi connectivity index (χ0v) is 14.9. The van der Waals surface area contributed by atoms with Gasteiger partial charge in [0.05, 0.1) is 6.10 Å². The van der Waals surface area contributed by atoms with Gasteiger partial charge < -0.3 is 20.3 Å². The second-order valence-corrected chi connectivity index (χ2v) is 7.66. The second-order valence-electron chi connectivity index (χ2n) is 7.66. The zero-order chi connectivity index (χ0) is 17.1. The van der Waals surface area contributed by atoms with E-state index in [1.165, 1.54) is 25.8 Å². The van der Waals surface area contributed by atoms with E-state index in [-0.39, 0.29) is 6.03 Å². The summed E-state index contributed by atoms with van der Waals surface area (Å²) in [5, 5.41) is 6.18. The summed E-state index contributed by atoms with van der Waals surface area (Å²) in [6, 6.07) is 8.95. The third-order valence-corrected chi connectivity index (χ3v) is 5.91. The Hall–Kier alpha value is -1.75. The molecular weight excluding hydrogens is 314 g/mol. The maximum atomic E-state index is 12.3. The molecule has 2 aliphatic heterocycles. The third kappa shape index (κ3) is 4.09. The van der Waals surface area contributed by atoms with Gasteiger partial charge in [0.1, 0.15) is 5.75 Å². The Morgan fingerprint density at radius 3 is 2.84 bits per heavy atom. The minimum absolute atomic E-state index is 0.0603. The van der Waals surface area contributed by atoms with Crippen molar-refractivity contribution in [3.05, 3.63) is 29.8 Å². The van der Waals surface area contributed by atoms with E-state index in [1.54, 1.807) is 0 Å². The van der Waals surface area contributed by atoms with Crippen molar-refractivity contribution in [1.29, 1.82) is 0 Å². The summed E-state index contributed by atoms with van der Waals surface area (Å²) >= 11 is 0. The monoisotopic (exact) mass is 343 g/mol. The molecular formula is C20H29N3O2. The van der Waals surface area contributed by atoms with Crippen molar-refractivity contribution in [3.63, 3.8) is 0 Å². The van der Waals surface area contributed by atoms with Gasteiger partial charge in [-0.05, 0) is 57.6 Å². The SMILES string of the molecule is O=C(NCc1ccccc1OC1CCC1)NC1CCN2CCCC2C1. The zero-order valence-electron chi connectivity index (χ0n) is 14.9. The molecule has 136 valence electrons. The average molecular weight is 343 g/mol. The summed E-state index contributed by atoms with van der Waals surface area (Å²) in [7, 11) is 0. The first-order valence-electron chi connectivity index (χ1n) is 9.81. The van der Waals surface area contributed by atoms with E-state index in [0.29, 0.717) is 24.7 Å². The van der Waals surface area contributed by atoms with Crippen LogP contribution in [0.25, 0.3) is 0 Å². The summed E-state index contributed by atoms with van der Waals surface area (Å²) in [5.41, 5.74) is 1.05. The molecule has 25 heavy (non-hydrogen) atoms. The highest BCUT2D eigenvalue weighted by Crippen LogP contribution is 2.28. The van der Waals surface area contributed by atoms with Crippen LogP contribution in [0.1, 0.15) is 50.5 Å². The Balaban J connectivity index is 1.26. The van der Waals surface area contributed by atoms with Crippen LogP contribution < -0.4 is 15.4 Å². The number of fused-ring (bicyclic) bond motifs is 1. The molecule has 3 fully saturated rings. The Labute approximate surface area is 150 Å². The predicted molar refractivity (Wildman–Crippen MR) is 97.7 cm³/mol. The van der Waals surface area contributed by atoms with Gasteiger partial charge in [-0.2, -0.15) is 0 Å². The summed E-state index contributed by atoms with van der Waals surface area (Å²) in [6.07, 6.45) is 8.64. The van der Waals surface area contributed by atoms with Crippen molar-refractivity contribution in [3.8, 4) is 5.75 Å². The van der Waals surface area contributed by atoms with Crippen LogP contribution in [-0.2, 0) is 6.54 Å². The fraction of sp³-hybridized carbons (Fsp3) is 0.650. The molecule has 0 aromatic heterocycles. The molecule has 1 aromatic rings. The van der Waals surface area contributed by atoms with Gasteiger partial charge in [-0.1, -0.05) is 18.2 Å². The topological polar surface area (TPSA) is 53.6 Å². The molecule has 2 atom stereocenters. The number of benzene rings is 1. The minimum Gasteiger partial charge on any atom is -0.490 e. The Bertz CT molecular complexity index is 602. The molecule has 1 aromatic carbocycles. The number of amides is 2. The lowest BCUT2D eigenvalue weighted by atomic mass is 9.96. The molecule has 2 saturated heterocycles. The smallest absolute Gasteiger partial charge is 0.315 e. The van der Waals surface area contributed by atoms with Crippen LogP contribution in [0, 0.1) is 0 Å². The van der Waals surface area contributed by atoms with Gasteiger partial charge in [0, 0.05) is 30.7 Å². The number of para-hydroxylation sites is 1. The fourth-order valence-electron chi connectivity index (χ4n) is 4.20. The first kappa shape index (κ1) is 16.7. The molecule has 3 aliphatic rings. The molecule has 2 heterocycles. The van der Waals surface area contributed by atoms with Gasteiger partial charge in [-0.15, -0.1) is 0 Å². The maximum Gasteiger partial charge on any atom is 0.315 e. The van der Waals surface area contributed by atoms with E-state index < -0.39 is 0 Å². The minimum atomic E-state index is -0.0603. The van der Waals surface area contributed by atoms with Crippen molar-refractivity contribution < 1.29 is 9.53 Å². The first-order chi connectivity index (χ1) is 12.3. The number of nitrogens with one attached hydrogen (secondary N) is 2. The molecule has 2 N–H and O–H groups in total. The molecule has 2 unspecified atom stereocenters. The summed E-state index contributed by atoms with van der Waals surface area (Å²) in [5.74, 6) is 0.909. The van der Waals surface area contributed by atoms with Gasteiger partial charge in [0.25, 0.3) is 0 Å². The number of rotatable bonds is 5. The summed E-state index contributed by atoms with van der Waals surface area (Å²) in [4.78, 5) is 14.9. The Morgan fingerprint density at radius 1 is 1.12 bits per heavy atom. The van der Waals surface area contributed by atoms with E-state index in [9.17, 15) is 4.79 Å². The first-order valence-corrected chi connectivity index (χ1v) is 9.81. The summed E-state index contributed by atoms with van der Waals surface area (Å²) < 4.78 is 6.03. The number of hydrogen-bond acceptors (Lipinski definition) is 3. The molecule has 5 heteroatoms. The van der Waals surface area contributed by atoms with Crippen molar-refractivity contribution >= 4 is 6.03 Å². The molecule has 4 rings (SSSR count). The third-order valence-electron chi connectivity index (χ3n) is 5.91. The standard InChI is InChI=1S/C20H29N3O2/c24-20(22-16-10-12-23-11-4-6-17(23)13-16)21-14-15-5-1-2-9-19(15)25-18-7-3-8-18/h1-2,5,9,16-18H,3-4,6-8,10-14H2,(H2,21,22,24). The lowest BCUT2D eigenvalue weighted by molar-refractivity contribution is 0.119. The quantitative estimate of drug-likeness (QED) is 0.864. The molecule has 0 spiro atoms. The molecule has 5 nitrogen and oxygen atoms in total. The number of carbonyl (C=O) groups is 1. The van der Waals surface area contributed by atoms with Crippen molar-refractivity contribution in [2.75, 3.05) is 13.1 Å². The predicted octanol–water partition coefficient (Wildman–Crippen LogP) is 3.04. The van der Waals surface area contributed by atoms with Gasteiger partial charge in [0.2, 0.25) is 0 Å². The number of hydrogen-bond donors (Lipinski definition) is 2. The van der Waals surface area contributed by atoms with E-state index in [0.717, 1.165) is 43.5 Å². The van der Waals surface area contributed by atoms with Crippen LogP contribution in [0.5, 0.6) is 5.75 Å². The van der Waals surface area contributed by atoms with Crippen LogP contribution in [0.4, 0.5) is 4.79 Å². The highest BCUT2D eigenvalue weighted by atomic mass is 16.5. The molecule has 1 aliphatic carbocycles. The summed E-state index contributed by atoms with van der Waals surface area (Å²) in [6.45, 7) is 2.87. The van der Waals surface area contributed by atoms with Crippen LogP contribution in [-0.4, -0.2) is 42.2 Å². The maximum absolute atomic E-state index is 12.3. The van der Waals surface area contributed by atoms with E-state index in [1.807, 2.05) is 24.3 Å². The largest absolute Gasteiger partial charge is 0.490 e. The highest BCUT2D eigenvalue weighted by Gasteiger charge is 2.32. The molecule has 1 saturated carbocycles. The molecule has 2 amide bonds. The van der Waals surface area contributed by atoms with E-state index >= 15 is 0 Å². The Kier molecular flexibility index (Phi) is 5.11. The second kappa shape index (κ2) is 7.65. The van der Waals surface area contributed by atoms with Crippen LogP contribution in [0.2, 0.25) is 0 Å². The molecule has 0 radical (unpaired) electrons. The van der Waals surface area contributed by atoms with Crippen LogP contribution in [0.3, 0.4) is 0 Å². The van der Waals surface area contributed by atoms with Crippen molar-refractivity contribution in [2.45, 2.75) is 69.7 Å². The van der Waals surface area contributed by atoms with E-state index in [4.69, 9.17) is 4.74 Å². The fourth-order valence-corrected chi connectivity index (χ4v) is 4.20.